The second kappa shape index (κ2) is 9.01. The van der Waals surface area contributed by atoms with E-state index in [1.165, 1.54) is 0 Å². The molecule has 6 heteroatoms. The van der Waals surface area contributed by atoms with E-state index in [0.717, 1.165) is 0 Å². The molecule has 0 radical (unpaired) electrons. The van der Waals surface area contributed by atoms with E-state index in [4.69, 9.17) is 4.74 Å². The molecule has 3 unspecified atom stereocenters. The number of aliphatic carboxylic acids is 1. The Bertz CT molecular complexity index is 626. The summed E-state index contributed by atoms with van der Waals surface area (Å²) in [5.41, 5.74) is -4.43. The van der Waals surface area contributed by atoms with Gasteiger partial charge < -0.3 is 14.9 Å². The molecule has 0 rings (SSSR count). The zero-order chi connectivity index (χ0) is 24.6. The maximum absolute atomic E-state index is 13.5. The van der Waals surface area contributed by atoms with E-state index >= 15 is 0 Å². The van der Waals surface area contributed by atoms with Gasteiger partial charge in [-0.25, -0.2) is 0 Å². The third kappa shape index (κ3) is 5.17. The molecule has 0 fully saturated rings. The number of thiol groups is 1. The first-order chi connectivity index (χ1) is 13.0. The van der Waals surface area contributed by atoms with Crippen molar-refractivity contribution in [1.82, 2.24) is 0 Å². The number of carbonyl (C=O) groups excluding carboxylic acids is 1. The number of esters is 1. The topological polar surface area (TPSA) is 83.8 Å². The van der Waals surface area contributed by atoms with Crippen LogP contribution in [0.5, 0.6) is 0 Å². The zero-order valence-corrected chi connectivity index (χ0v) is 22.2. The zero-order valence-electron chi connectivity index (χ0n) is 21.3. The van der Waals surface area contributed by atoms with Crippen molar-refractivity contribution >= 4 is 24.6 Å². The molecule has 2 N–H and O–H groups in total. The van der Waals surface area contributed by atoms with Crippen molar-refractivity contribution in [1.29, 1.82) is 0 Å². The van der Waals surface area contributed by atoms with Crippen LogP contribution in [0.15, 0.2) is 0 Å². The molecule has 0 aromatic rings. The quantitative estimate of drug-likeness (QED) is 0.324. The highest BCUT2D eigenvalue weighted by atomic mass is 32.1. The summed E-state index contributed by atoms with van der Waals surface area (Å²) in [5, 5.41) is 20.2. The summed E-state index contributed by atoms with van der Waals surface area (Å²) in [6.45, 7) is 23.4. The Hall–Kier alpha value is -0.750. The van der Waals surface area contributed by atoms with Crippen LogP contribution < -0.4 is 0 Å². The summed E-state index contributed by atoms with van der Waals surface area (Å²) in [6.07, 6.45) is -0.387. The van der Waals surface area contributed by atoms with Crippen molar-refractivity contribution in [3.8, 4) is 0 Å². The molecular weight excluding hydrogens is 400 g/mol. The van der Waals surface area contributed by atoms with Gasteiger partial charge in [-0.2, -0.15) is 12.6 Å². The molecule has 3 atom stereocenters. The smallest absolute Gasteiger partial charge is 0.312 e. The molecule has 0 spiro atoms. The molecule has 0 heterocycles. The Kier molecular flexibility index (Phi) is 8.79. The lowest BCUT2D eigenvalue weighted by Crippen LogP contribution is -2.63. The van der Waals surface area contributed by atoms with Crippen LogP contribution in [0, 0.1) is 32.5 Å². The van der Waals surface area contributed by atoms with Crippen LogP contribution in [0.2, 0.25) is 0 Å². The van der Waals surface area contributed by atoms with E-state index in [0.29, 0.717) is 6.42 Å². The summed E-state index contributed by atoms with van der Waals surface area (Å²) >= 11 is 4.04. The standard InChI is InChI=1S/C24H46O5S/c1-19(2,3)15-23(11,17(26)27)21(7,8)22(9,10)24(12,20(4,5)6)18(28)29-13-16(25)14-30/h16,25,30H,13-15H2,1-12H3,(H,26,27). The SMILES string of the molecule is CC(C)(C)CC(C)(C(=O)O)C(C)(C)C(C)(C)C(C)(C(=O)OCC(O)CS)C(C)(C)C. The number of carbonyl (C=O) groups is 2. The second-order valence-corrected chi connectivity index (χ2v) is 12.8. The summed E-state index contributed by atoms with van der Waals surface area (Å²) in [7, 11) is 0. The van der Waals surface area contributed by atoms with Gasteiger partial charge in [0, 0.05) is 5.75 Å². The summed E-state index contributed by atoms with van der Waals surface area (Å²) in [6, 6.07) is 0. The predicted octanol–water partition coefficient (Wildman–Crippen LogP) is 5.45. The molecule has 5 nitrogen and oxygen atoms in total. The molecular formula is C24H46O5S. The van der Waals surface area contributed by atoms with E-state index in [9.17, 15) is 19.8 Å². The summed E-state index contributed by atoms with van der Waals surface area (Å²) < 4.78 is 5.56. The van der Waals surface area contributed by atoms with Gasteiger partial charge in [0.2, 0.25) is 0 Å². The van der Waals surface area contributed by atoms with Gasteiger partial charge in [-0.05, 0) is 41.9 Å². The Morgan fingerprint density at radius 2 is 1.30 bits per heavy atom. The van der Waals surface area contributed by atoms with Gasteiger partial charge >= 0.3 is 11.9 Å². The third-order valence-electron chi connectivity index (χ3n) is 8.07. The van der Waals surface area contributed by atoms with Crippen molar-refractivity contribution in [2.75, 3.05) is 12.4 Å². The Labute approximate surface area is 189 Å². The van der Waals surface area contributed by atoms with E-state index in [-0.39, 0.29) is 17.8 Å². The van der Waals surface area contributed by atoms with Gasteiger partial charge in [0.15, 0.2) is 0 Å². The fourth-order valence-electron chi connectivity index (χ4n) is 4.81. The minimum Gasteiger partial charge on any atom is -0.481 e. The van der Waals surface area contributed by atoms with Gasteiger partial charge in [-0.1, -0.05) is 69.2 Å². The normalized spacial score (nSPS) is 18.9. The largest absolute Gasteiger partial charge is 0.481 e. The van der Waals surface area contributed by atoms with Crippen molar-refractivity contribution < 1.29 is 24.5 Å². The molecule has 0 aliphatic rings. The van der Waals surface area contributed by atoms with E-state index in [1.807, 2.05) is 76.2 Å². The second-order valence-electron chi connectivity index (χ2n) is 12.4. The van der Waals surface area contributed by atoms with Gasteiger partial charge in [-0.15, -0.1) is 0 Å². The fraction of sp³-hybridized carbons (Fsp3) is 0.917. The number of rotatable bonds is 9. The molecule has 0 bridgehead atoms. The molecule has 0 amide bonds. The average molecular weight is 447 g/mol. The number of carboxylic acids is 1. The minimum atomic E-state index is -1.09. The van der Waals surface area contributed by atoms with Crippen LogP contribution in [0.1, 0.15) is 89.5 Å². The first-order valence-electron chi connectivity index (χ1n) is 10.7. The maximum Gasteiger partial charge on any atom is 0.312 e. The summed E-state index contributed by atoms with van der Waals surface area (Å²) in [4.78, 5) is 26.1. The number of aliphatic hydroxyl groups excluding tert-OH is 1. The number of aliphatic hydroxyl groups is 1. The lowest BCUT2D eigenvalue weighted by Gasteiger charge is -2.62. The van der Waals surface area contributed by atoms with Crippen LogP contribution in [0.3, 0.4) is 0 Å². The highest BCUT2D eigenvalue weighted by molar-refractivity contribution is 7.80. The first kappa shape index (κ1) is 29.2. The van der Waals surface area contributed by atoms with Crippen molar-refractivity contribution in [2.45, 2.75) is 95.6 Å². The number of carboxylic acid groups (broad SMARTS) is 1. The lowest BCUT2D eigenvalue weighted by molar-refractivity contribution is -0.207. The van der Waals surface area contributed by atoms with Gasteiger partial charge in [-0.3, -0.25) is 9.59 Å². The Morgan fingerprint density at radius 3 is 1.60 bits per heavy atom. The van der Waals surface area contributed by atoms with Gasteiger partial charge in [0.1, 0.15) is 6.61 Å². The molecule has 0 aliphatic carbocycles. The average Bonchev–Trinajstić information content (AvgIpc) is 2.54. The molecule has 0 aromatic carbocycles. The fourth-order valence-corrected chi connectivity index (χ4v) is 4.91. The van der Waals surface area contributed by atoms with Crippen LogP contribution in [-0.4, -0.2) is 40.6 Å². The van der Waals surface area contributed by atoms with Crippen molar-refractivity contribution in [2.24, 2.45) is 32.5 Å². The molecule has 0 saturated carbocycles. The number of hydrogen-bond donors (Lipinski definition) is 3. The maximum atomic E-state index is 13.5. The van der Waals surface area contributed by atoms with Gasteiger partial charge in [0.05, 0.1) is 16.9 Å². The number of ether oxygens (including phenoxy) is 1. The molecule has 30 heavy (non-hydrogen) atoms. The highest BCUT2D eigenvalue weighted by Gasteiger charge is 2.66. The predicted molar refractivity (Wildman–Crippen MR) is 126 cm³/mol. The van der Waals surface area contributed by atoms with Crippen LogP contribution >= 0.6 is 12.6 Å². The van der Waals surface area contributed by atoms with E-state index in [2.05, 4.69) is 12.6 Å². The molecule has 0 aliphatic heterocycles. The lowest BCUT2D eigenvalue weighted by atomic mass is 9.41. The van der Waals surface area contributed by atoms with Crippen LogP contribution in [0.4, 0.5) is 0 Å². The minimum absolute atomic E-state index is 0.136. The monoisotopic (exact) mass is 446 g/mol. The molecule has 0 saturated heterocycles. The highest BCUT2D eigenvalue weighted by Crippen LogP contribution is 2.66. The Morgan fingerprint density at radius 1 is 0.867 bits per heavy atom. The van der Waals surface area contributed by atoms with Crippen LogP contribution in [-0.2, 0) is 14.3 Å². The summed E-state index contributed by atoms with van der Waals surface area (Å²) in [5.74, 6) is -1.11. The third-order valence-corrected chi connectivity index (χ3v) is 8.50. The van der Waals surface area contributed by atoms with Gasteiger partial charge in [0.25, 0.3) is 0 Å². The first-order valence-corrected chi connectivity index (χ1v) is 11.4. The van der Waals surface area contributed by atoms with E-state index < -0.39 is 45.1 Å². The molecule has 0 aromatic heterocycles. The Balaban J connectivity index is 6.66. The van der Waals surface area contributed by atoms with Crippen molar-refractivity contribution in [3.05, 3.63) is 0 Å². The number of hydrogen-bond acceptors (Lipinski definition) is 5. The van der Waals surface area contributed by atoms with Crippen LogP contribution in [0.25, 0.3) is 0 Å². The van der Waals surface area contributed by atoms with Crippen molar-refractivity contribution in [3.63, 3.8) is 0 Å². The van der Waals surface area contributed by atoms with E-state index in [1.54, 1.807) is 6.92 Å². The molecule has 178 valence electrons.